The molecule has 180 valence electrons. The summed E-state index contributed by atoms with van der Waals surface area (Å²) >= 11 is 0. The van der Waals surface area contributed by atoms with Gasteiger partial charge in [0.2, 0.25) is 0 Å². The summed E-state index contributed by atoms with van der Waals surface area (Å²) in [6.45, 7) is 5.05. The van der Waals surface area contributed by atoms with E-state index < -0.39 is 8.07 Å². The standard InChI is InChI=1S/C31H45FSi/c1-3-4-5-22-33(2)23-20-30(21-24-33)28-14-10-26(11-15-28)7-6-25-8-12-27(13-9-25)29-16-18-31(32)19-17-29/h8-9,12-13,16-19,26,28,30H,3-7,10-11,14-15,20-24H2,1-2H3. The topological polar surface area (TPSA) is 0 Å². The molecular weight excluding hydrogens is 419 g/mol. The second kappa shape index (κ2) is 11.8. The van der Waals surface area contributed by atoms with Gasteiger partial charge in [0.05, 0.1) is 8.07 Å². The Hall–Kier alpha value is -1.41. The fraction of sp³-hybridized carbons (Fsp3) is 0.613. The van der Waals surface area contributed by atoms with E-state index in [0.717, 1.165) is 23.3 Å². The van der Waals surface area contributed by atoms with Gasteiger partial charge in [-0.3, -0.25) is 0 Å². The highest BCUT2D eigenvalue weighted by Gasteiger charge is 2.36. The Morgan fingerprint density at radius 3 is 1.94 bits per heavy atom. The van der Waals surface area contributed by atoms with Gasteiger partial charge in [0.15, 0.2) is 0 Å². The van der Waals surface area contributed by atoms with Crippen LogP contribution in [0.3, 0.4) is 0 Å². The van der Waals surface area contributed by atoms with Crippen LogP contribution in [0.5, 0.6) is 0 Å². The highest BCUT2D eigenvalue weighted by Crippen LogP contribution is 2.44. The maximum Gasteiger partial charge on any atom is 0.123 e. The minimum absolute atomic E-state index is 0.170. The molecule has 33 heavy (non-hydrogen) atoms. The molecule has 0 nitrogen and oxygen atoms in total. The molecule has 0 radical (unpaired) electrons. The Balaban J connectivity index is 1.17. The summed E-state index contributed by atoms with van der Waals surface area (Å²) in [6.07, 6.45) is 15.9. The molecule has 0 spiro atoms. The first-order chi connectivity index (χ1) is 16.0. The van der Waals surface area contributed by atoms with Crippen LogP contribution >= 0.6 is 0 Å². The molecule has 0 atom stereocenters. The lowest BCUT2D eigenvalue weighted by molar-refractivity contribution is 0.185. The minimum Gasteiger partial charge on any atom is -0.207 e. The van der Waals surface area contributed by atoms with Gasteiger partial charge in [-0.05, 0) is 72.3 Å². The molecule has 1 aliphatic carbocycles. The molecule has 2 fully saturated rings. The molecule has 0 amide bonds. The number of hydrogen-bond donors (Lipinski definition) is 0. The van der Waals surface area contributed by atoms with Gasteiger partial charge in [0.25, 0.3) is 0 Å². The SMILES string of the molecule is CCCCC[Si]1(C)CCC(C2CCC(CCc3ccc(-c4ccc(F)cc4)cc3)CC2)CC1. The number of unbranched alkanes of at least 4 members (excludes halogenated alkanes) is 2. The van der Waals surface area contributed by atoms with Crippen LogP contribution in [0.4, 0.5) is 4.39 Å². The number of benzene rings is 2. The number of hydrogen-bond acceptors (Lipinski definition) is 0. The quantitative estimate of drug-likeness (QED) is 0.256. The van der Waals surface area contributed by atoms with Gasteiger partial charge in [-0.15, -0.1) is 0 Å². The van der Waals surface area contributed by atoms with E-state index in [9.17, 15) is 4.39 Å². The lowest BCUT2D eigenvalue weighted by Gasteiger charge is -2.41. The zero-order valence-electron chi connectivity index (χ0n) is 21.1. The number of aryl methyl sites for hydroxylation is 1. The van der Waals surface area contributed by atoms with Crippen molar-refractivity contribution in [3.63, 3.8) is 0 Å². The van der Waals surface area contributed by atoms with E-state index in [0.29, 0.717) is 0 Å². The van der Waals surface area contributed by atoms with Crippen molar-refractivity contribution in [1.29, 1.82) is 0 Å². The van der Waals surface area contributed by atoms with Gasteiger partial charge in [-0.1, -0.05) is 113 Å². The normalized spacial score (nSPS) is 28.0. The van der Waals surface area contributed by atoms with Gasteiger partial charge in [-0.25, -0.2) is 4.39 Å². The highest BCUT2D eigenvalue weighted by molar-refractivity contribution is 6.78. The summed E-state index contributed by atoms with van der Waals surface area (Å²) in [5.41, 5.74) is 3.71. The summed E-state index contributed by atoms with van der Waals surface area (Å²) in [4.78, 5) is 0. The van der Waals surface area contributed by atoms with Crippen LogP contribution < -0.4 is 0 Å². The van der Waals surface area contributed by atoms with E-state index in [4.69, 9.17) is 0 Å². The third-order valence-corrected chi connectivity index (χ3v) is 13.7. The van der Waals surface area contributed by atoms with Crippen LogP contribution in [-0.2, 0) is 6.42 Å². The Bertz CT molecular complexity index is 824. The first-order valence-corrected chi connectivity index (χ1v) is 17.0. The average molecular weight is 465 g/mol. The lowest BCUT2D eigenvalue weighted by atomic mass is 9.73. The molecule has 2 aliphatic rings. The molecule has 0 aromatic heterocycles. The molecule has 2 heteroatoms. The second-order valence-electron chi connectivity index (χ2n) is 11.6. The summed E-state index contributed by atoms with van der Waals surface area (Å²) in [5.74, 6) is 2.84. The molecule has 0 N–H and O–H groups in total. The monoisotopic (exact) mass is 464 g/mol. The minimum atomic E-state index is -0.888. The van der Waals surface area contributed by atoms with Crippen LogP contribution in [0.15, 0.2) is 48.5 Å². The third-order valence-electron chi connectivity index (χ3n) is 9.15. The Labute approximate surface area is 203 Å². The van der Waals surface area contributed by atoms with Crippen molar-refractivity contribution in [3.05, 3.63) is 59.9 Å². The second-order valence-corrected chi connectivity index (χ2v) is 16.7. The highest BCUT2D eigenvalue weighted by atomic mass is 28.3. The average Bonchev–Trinajstić information content (AvgIpc) is 2.85. The van der Waals surface area contributed by atoms with Gasteiger partial charge in [0, 0.05) is 0 Å². The smallest absolute Gasteiger partial charge is 0.123 e. The number of halogens is 1. The van der Waals surface area contributed by atoms with E-state index in [2.05, 4.69) is 37.7 Å². The largest absolute Gasteiger partial charge is 0.207 e. The molecule has 2 aromatic carbocycles. The Morgan fingerprint density at radius 2 is 1.33 bits per heavy atom. The fourth-order valence-electron chi connectivity index (χ4n) is 6.69. The van der Waals surface area contributed by atoms with Crippen LogP contribution in [0.1, 0.15) is 76.7 Å². The summed E-state index contributed by atoms with van der Waals surface area (Å²) < 4.78 is 13.2. The maximum atomic E-state index is 13.2. The first-order valence-electron chi connectivity index (χ1n) is 13.9. The first kappa shape index (κ1) is 24.7. The molecule has 1 saturated heterocycles. The van der Waals surface area contributed by atoms with Crippen molar-refractivity contribution < 1.29 is 4.39 Å². The van der Waals surface area contributed by atoms with E-state index in [1.807, 2.05) is 12.1 Å². The molecule has 1 heterocycles. The molecular formula is C31H45FSi. The van der Waals surface area contributed by atoms with Crippen molar-refractivity contribution in [2.75, 3.05) is 0 Å². The molecule has 0 unspecified atom stereocenters. The van der Waals surface area contributed by atoms with Gasteiger partial charge in [-0.2, -0.15) is 0 Å². The maximum absolute atomic E-state index is 13.2. The van der Waals surface area contributed by atoms with Crippen LogP contribution in [0, 0.1) is 23.6 Å². The van der Waals surface area contributed by atoms with Crippen LogP contribution in [0.25, 0.3) is 11.1 Å². The van der Waals surface area contributed by atoms with Crippen molar-refractivity contribution in [2.45, 2.75) is 102 Å². The third kappa shape index (κ3) is 7.04. The van der Waals surface area contributed by atoms with Crippen LogP contribution in [-0.4, -0.2) is 8.07 Å². The lowest BCUT2D eigenvalue weighted by Crippen LogP contribution is -2.37. The molecule has 0 bridgehead atoms. The van der Waals surface area contributed by atoms with E-state index in [-0.39, 0.29) is 5.82 Å². The molecule has 1 saturated carbocycles. The zero-order chi connectivity index (χ0) is 23.1. The fourth-order valence-corrected chi connectivity index (χ4v) is 10.7. The Kier molecular flexibility index (Phi) is 8.85. The predicted molar refractivity (Wildman–Crippen MR) is 144 cm³/mol. The van der Waals surface area contributed by atoms with Gasteiger partial charge in [0.1, 0.15) is 5.82 Å². The van der Waals surface area contributed by atoms with E-state index >= 15 is 0 Å². The zero-order valence-corrected chi connectivity index (χ0v) is 22.1. The van der Waals surface area contributed by atoms with Crippen LogP contribution in [0.2, 0.25) is 24.7 Å². The molecule has 4 rings (SSSR count). The Morgan fingerprint density at radius 1 is 0.758 bits per heavy atom. The predicted octanol–water partition coefficient (Wildman–Crippen LogP) is 9.91. The van der Waals surface area contributed by atoms with E-state index in [1.165, 1.54) is 68.9 Å². The summed E-state index contributed by atoms with van der Waals surface area (Å²) in [7, 11) is -0.888. The van der Waals surface area contributed by atoms with Crippen molar-refractivity contribution in [1.82, 2.24) is 0 Å². The summed E-state index contributed by atoms with van der Waals surface area (Å²) in [5, 5.41) is 0. The van der Waals surface area contributed by atoms with Crippen molar-refractivity contribution >= 4 is 8.07 Å². The van der Waals surface area contributed by atoms with Gasteiger partial charge >= 0.3 is 0 Å². The van der Waals surface area contributed by atoms with E-state index in [1.54, 1.807) is 43.1 Å². The molecule has 2 aromatic rings. The van der Waals surface area contributed by atoms with Crippen molar-refractivity contribution in [3.8, 4) is 11.1 Å². The number of rotatable bonds is 9. The van der Waals surface area contributed by atoms with Crippen molar-refractivity contribution in [2.24, 2.45) is 17.8 Å². The summed E-state index contributed by atoms with van der Waals surface area (Å²) in [6, 6.07) is 20.6. The van der Waals surface area contributed by atoms with Gasteiger partial charge < -0.3 is 0 Å². The molecule has 1 aliphatic heterocycles.